The molecule has 2 N–H and O–H groups in total. The van der Waals surface area contributed by atoms with E-state index in [1.165, 1.54) is 6.08 Å². The number of rotatable bonds is 6. The first kappa shape index (κ1) is 25.8. The normalized spacial score (nSPS) is 41.9. The summed E-state index contributed by atoms with van der Waals surface area (Å²) < 4.78 is 5.78. The summed E-state index contributed by atoms with van der Waals surface area (Å²) in [7, 11) is 0. The standard InChI is InChI=1S/C30H40O5/c1-7-8-9-10-11-12-13-14-23(31)35-27-19(3)17-29-20(4)16-22-24(28(22,5)6)21(26(29)33)15-18(2)25(32)30(27,29)34/h9-15,17,20-22,24-25,27,32,34H,7-8,16H2,1-6H3/b10-9+,12-11-,14-13+/t20-,21+,22-,24+,25-,27+,29+,30+/m0/s1. The summed E-state index contributed by atoms with van der Waals surface area (Å²) >= 11 is 0. The maximum Gasteiger partial charge on any atom is 0.331 e. The van der Waals surface area contributed by atoms with Gasteiger partial charge < -0.3 is 14.9 Å². The number of unbranched alkanes of at least 4 members (excludes halogenated alkanes) is 1. The zero-order chi connectivity index (χ0) is 25.8. The molecular formula is C30H40O5. The Morgan fingerprint density at radius 1 is 1.17 bits per heavy atom. The van der Waals surface area contributed by atoms with Crippen molar-refractivity contribution in [3.63, 3.8) is 0 Å². The van der Waals surface area contributed by atoms with Gasteiger partial charge in [0.05, 0.1) is 5.41 Å². The maximum atomic E-state index is 14.2. The first-order chi connectivity index (χ1) is 16.4. The number of ketones is 1. The number of hydrogen-bond donors (Lipinski definition) is 2. The minimum absolute atomic E-state index is 0.0493. The fraction of sp³-hybridized carbons (Fsp3) is 0.600. The Morgan fingerprint density at radius 3 is 2.54 bits per heavy atom. The van der Waals surface area contributed by atoms with Gasteiger partial charge in [-0.25, -0.2) is 4.79 Å². The molecule has 4 rings (SSSR count). The van der Waals surface area contributed by atoms with E-state index in [1.807, 2.05) is 25.2 Å². The molecule has 2 saturated carbocycles. The van der Waals surface area contributed by atoms with Crippen molar-refractivity contribution in [1.82, 2.24) is 0 Å². The molecule has 5 nitrogen and oxygen atoms in total. The van der Waals surface area contributed by atoms with Gasteiger partial charge in [0.15, 0.2) is 17.5 Å². The van der Waals surface area contributed by atoms with E-state index in [2.05, 4.69) is 26.8 Å². The first-order valence-corrected chi connectivity index (χ1v) is 13.0. The van der Waals surface area contributed by atoms with E-state index in [-0.39, 0.29) is 29.0 Å². The van der Waals surface area contributed by atoms with Crippen LogP contribution in [-0.2, 0) is 14.3 Å². The Morgan fingerprint density at radius 2 is 1.86 bits per heavy atom. The van der Waals surface area contributed by atoms with Gasteiger partial charge in [-0.15, -0.1) is 0 Å². The molecule has 2 bridgehead atoms. The smallest absolute Gasteiger partial charge is 0.331 e. The van der Waals surface area contributed by atoms with Crippen LogP contribution in [0.1, 0.15) is 60.8 Å². The number of Topliss-reactive ketones (excluding diaryl/α,β-unsaturated/α-hetero) is 1. The highest BCUT2D eigenvalue weighted by Gasteiger charge is 2.76. The van der Waals surface area contributed by atoms with Gasteiger partial charge in [-0.05, 0) is 61.0 Å². The van der Waals surface area contributed by atoms with E-state index in [1.54, 1.807) is 32.1 Å². The summed E-state index contributed by atoms with van der Waals surface area (Å²) in [5, 5.41) is 23.8. The monoisotopic (exact) mass is 480 g/mol. The van der Waals surface area contributed by atoms with Crippen LogP contribution in [0.2, 0.25) is 0 Å². The molecule has 0 amide bonds. The van der Waals surface area contributed by atoms with Crippen LogP contribution in [-0.4, -0.2) is 39.8 Å². The van der Waals surface area contributed by atoms with Crippen LogP contribution >= 0.6 is 0 Å². The van der Waals surface area contributed by atoms with Crippen molar-refractivity contribution in [2.75, 3.05) is 0 Å². The van der Waals surface area contributed by atoms with Crippen molar-refractivity contribution in [2.24, 2.45) is 34.5 Å². The Bertz CT molecular complexity index is 1040. The molecular weight excluding hydrogens is 440 g/mol. The second-order valence-corrected chi connectivity index (χ2v) is 11.7. The quantitative estimate of drug-likeness (QED) is 0.245. The molecule has 2 fully saturated rings. The fourth-order valence-corrected chi connectivity index (χ4v) is 7.33. The molecule has 0 aliphatic heterocycles. The highest BCUT2D eigenvalue weighted by atomic mass is 16.6. The zero-order valence-electron chi connectivity index (χ0n) is 21.8. The number of carbonyl (C=O) groups is 2. The molecule has 0 aromatic heterocycles. The average Bonchev–Trinajstić information content (AvgIpc) is 3.29. The van der Waals surface area contributed by atoms with Gasteiger partial charge >= 0.3 is 5.97 Å². The molecule has 0 aromatic carbocycles. The van der Waals surface area contributed by atoms with E-state index >= 15 is 0 Å². The van der Waals surface area contributed by atoms with Crippen LogP contribution in [0.5, 0.6) is 0 Å². The highest BCUT2D eigenvalue weighted by molar-refractivity contribution is 5.95. The topological polar surface area (TPSA) is 83.8 Å². The van der Waals surface area contributed by atoms with E-state index < -0.39 is 29.2 Å². The van der Waals surface area contributed by atoms with Crippen LogP contribution in [0.25, 0.3) is 0 Å². The predicted octanol–water partition coefficient (Wildman–Crippen LogP) is 4.86. The maximum absolute atomic E-state index is 14.2. The van der Waals surface area contributed by atoms with Gasteiger partial charge in [-0.3, -0.25) is 4.79 Å². The van der Waals surface area contributed by atoms with Crippen LogP contribution in [0.3, 0.4) is 0 Å². The molecule has 8 atom stereocenters. The summed E-state index contributed by atoms with van der Waals surface area (Å²) in [5.41, 5.74) is -2.04. The van der Waals surface area contributed by atoms with Gasteiger partial charge in [0.1, 0.15) is 6.10 Å². The van der Waals surface area contributed by atoms with Gasteiger partial charge in [0.25, 0.3) is 0 Å². The molecule has 0 radical (unpaired) electrons. The van der Waals surface area contributed by atoms with E-state index in [0.29, 0.717) is 17.1 Å². The number of esters is 1. The third-order valence-corrected chi connectivity index (χ3v) is 9.23. The van der Waals surface area contributed by atoms with Crippen molar-refractivity contribution < 1.29 is 24.5 Å². The molecule has 4 aliphatic rings. The zero-order valence-corrected chi connectivity index (χ0v) is 21.8. The summed E-state index contributed by atoms with van der Waals surface area (Å²) in [6.45, 7) is 12.1. The second-order valence-electron chi connectivity index (χ2n) is 11.7. The number of carbonyl (C=O) groups excluding carboxylic acids is 2. The lowest BCUT2D eigenvalue weighted by atomic mass is 9.59. The van der Waals surface area contributed by atoms with Gasteiger partial charge in [0, 0.05) is 12.0 Å². The minimum atomic E-state index is -1.95. The van der Waals surface area contributed by atoms with E-state index in [9.17, 15) is 19.8 Å². The van der Waals surface area contributed by atoms with Crippen molar-refractivity contribution in [3.8, 4) is 0 Å². The summed E-state index contributed by atoms with van der Waals surface area (Å²) in [6, 6.07) is 0. The Balaban J connectivity index is 1.66. The minimum Gasteiger partial charge on any atom is -0.451 e. The molecule has 35 heavy (non-hydrogen) atoms. The Kier molecular flexibility index (Phi) is 6.65. The third-order valence-electron chi connectivity index (χ3n) is 9.23. The van der Waals surface area contributed by atoms with E-state index in [4.69, 9.17) is 4.74 Å². The lowest BCUT2D eigenvalue weighted by Crippen LogP contribution is -2.65. The van der Waals surface area contributed by atoms with Crippen LogP contribution < -0.4 is 0 Å². The van der Waals surface area contributed by atoms with Crippen molar-refractivity contribution in [2.45, 2.75) is 78.6 Å². The number of fused-ring (bicyclic) bond motifs is 3. The van der Waals surface area contributed by atoms with Gasteiger partial charge in [-0.1, -0.05) is 76.6 Å². The second kappa shape index (κ2) is 9.01. The number of allylic oxidation sites excluding steroid dienone is 6. The average molecular weight is 481 g/mol. The third kappa shape index (κ3) is 3.74. The number of ether oxygens (including phenoxy) is 1. The van der Waals surface area contributed by atoms with Crippen molar-refractivity contribution >= 4 is 11.8 Å². The molecule has 1 spiro atoms. The lowest BCUT2D eigenvalue weighted by molar-refractivity contribution is -0.200. The Labute approximate surface area is 209 Å². The molecule has 0 unspecified atom stereocenters. The molecule has 0 heterocycles. The number of aliphatic hydroxyl groups is 2. The first-order valence-electron chi connectivity index (χ1n) is 13.0. The number of hydrogen-bond acceptors (Lipinski definition) is 5. The molecule has 190 valence electrons. The summed E-state index contributed by atoms with van der Waals surface area (Å²) in [5.74, 6) is -0.684. The molecule has 5 heteroatoms. The van der Waals surface area contributed by atoms with Gasteiger partial charge in [0.2, 0.25) is 0 Å². The molecule has 0 saturated heterocycles. The Hall–Kier alpha value is -2.24. The highest BCUT2D eigenvalue weighted by Crippen LogP contribution is 2.71. The molecule has 4 aliphatic carbocycles. The summed E-state index contributed by atoms with van der Waals surface area (Å²) in [6.07, 6.45) is 14.5. The predicted molar refractivity (Wildman–Crippen MR) is 136 cm³/mol. The summed E-state index contributed by atoms with van der Waals surface area (Å²) in [4.78, 5) is 27.0. The largest absolute Gasteiger partial charge is 0.451 e. The van der Waals surface area contributed by atoms with Crippen LogP contribution in [0, 0.1) is 34.5 Å². The van der Waals surface area contributed by atoms with Crippen LogP contribution in [0.4, 0.5) is 0 Å². The van der Waals surface area contributed by atoms with Gasteiger partial charge in [-0.2, -0.15) is 0 Å². The fourth-order valence-electron chi connectivity index (χ4n) is 7.33. The van der Waals surface area contributed by atoms with Crippen molar-refractivity contribution in [3.05, 3.63) is 59.8 Å². The number of aliphatic hydroxyl groups excluding tert-OH is 1. The SMILES string of the molecule is CCC/C=C/C=C\C=C\C(=O)O[C@@H]1C(C)=C[C@@]23C(=O)[C@H](C=C(C)[C@H](O)[C@@]12O)[C@@H]1[C@H](C[C@@H]3C)C1(C)C. The van der Waals surface area contributed by atoms with Crippen LogP contribution in [0.15, 0.2) is 59.8 Å². The lowest BCUT2D eigenvalue weighted by Gasteiger charge is -2.48. The van der Waals surface area contributed by atoms with Crippen molar-refractivity contribution in [1.29, 1.82) is 0 Å². The van der Waals surface area contributed by atoms with E-state index in [0.717, 1.165) is 19.3 Å². The molecule has 0 aromatic rings.